The zero-order valence-corrected chi connectivity index (χ0v) is 9.61. The van der Waals surface area contributed by atoms with Crippen molar-refractivity contribution in [3.05, 3.63) is 28.2 Å². The second-order valence-corrected chi connectivity index (χ2v) is 3.42. The fourth-order valence-electron chi connectivity index (χ4n) is 0.876. The summed E-state index contributed by atoms with van der Waals surface area (Å²) >= 11 is 1.69. The van der Waals surface area contributed by atoms with Gasteiger partial charge in [0.25, 0.3) is 0 Å². The first-order valence-electron chi connectivity index (χ1n) is 4.50. The average molecular weight is 195 g/mol. The van der Waals surface area contributed by atoms with E-state index in [0.29, 0.717) is 0 Å². The number of thiazole rings is 1. The number of hydrogen-bond donors (Lipinski definition) is 0. The van der Waals surface area contributed by atoms with Gasteiger partial charge in [-0.15, -0.1) is 11.3 Å². The normalized spacial score (nSPS) is 9.54. The van der Waals surface area contributed by atoms with Crippen LogP contribution in [0.15, 0.2) is 12.7 Å². The summed E-state index contributed by atoms with van der Waals surface area (Å²) < 4.78 is 0. The number of hydrogen-bond acceptors (Lipinski definition) is 2. The highest BCUT2D eigenvalue weighted by Gasteiger charge is 2.00. The molecule has 0 spiro atoms. The van der Waals surface area contributed by atoms with Crippen molar-refractivity contribution in [2.24, 2.45) is 0 Å². The number of allylic oxidation sites excluding steroid dienone is 1. The Morgan fingerprint density at radius 1 is 1.38 bits per heavy atom. The summed E-state index contributed by atoms with van der Waals surface area (Å²) in [4.78, 5) is 5.49. The third-order valence-corrected chi connectivity index (χ3v) is 2.25. The van der Waals surface area contributed by atoms with Gasteiger partial charge in [-0.05, 0) is 26.0 Å². The first-order chi connectivity index (χ1) is 6.27. The molecule has 0 unspecified atom stereocenters. The maximum Gasteiger partial charge on any atom is 0.0907 e. The Kier molecular flexibility index (Phi) is 6.15. The summed E-state index contributed by atoms with van der Waals surface area (Å²) in [7, 11) is 0. The summed E-state index contributed by atoms with van der Waals surface area (Å²) in [6.45, 7) is 11.7. The fourth-order valence-corrected chi connectivity index (χ4v) is 1.78. The Labute approximate surface area is 84.8 Å². The zero-order valence-electron chi connectivity index (χ0n) is 8.79. The molecule has 0 aromatic carbocycles. The van der Waals surface area contributed by atoms with E-state index in [9.17, 15) is 0 Å². The van der Waals surface area contributed by atoms with E-state index in [4.69, 9.17) is 0 Å². The largest absolute Gasteiger partial charge is 0.242 e. The van der Waals surface area contributed by atoms with E-state index in [1.807, 2.05) is 33.8 Å². The minimum absolute atomic E-state index is 0.991. The van der Waals surface area contributed by atoms with Crippen molar-refractivity contribution >= 4 is 23.5 Å². The van der Waals surface area contributed by atoms with Crippen LogP contribution in [0.25, 0.3) is 12.2 Å². The molecule has 1 heterocycles. The van der Waals surface area contributed by atoms with Crippen molar-refractivity contribution in [1.29, 1.82) is 0 Å². The van der Waals surface area contributed by atoms with E-state index in [1.54, 1.807) is 17.4 Å². The second-order valence-electron chi connectivity index (χ2n) is 2.19. The molecule has 0 aliphatic heterocycles. The number of nitrogens with zero attached hydrogens (tertiary/aromatic N) is 1. The van der Waals surface area contributed by atoms with Gasteiger partial charge in [0.2, 0.25) is 0 Å². The average Bonchev–Trinajstić information content (AvgIpc) is 2.50. The first kappa shape index (κ1) is 12.1. The number of rotatable bonds is 2. The molecular weight excluding hydrogens is 178 g/mol. The molecular formula is C11H17NS. The van der Waals surface area contributed by atoms with Gasteiger partial charge in [-0.3, -0.25) is 0 Å². The van der Waals surface area contributed by atoms with Gasteiger partial charge in [0, 0.05) is 0 Å². The maximum atomic E-state index is 4.30. The highest BCUT2D eigenvalue weighted by atomic mass is 32.1. The molecule has 0 saturated carbocycles. The van der Waals surface area contributed by atoms with Crippen LogP contribution in [-0.4, -0.2) is 4.98 Å². The Bertz CT molecular complexity index is 284. The molecule has 2 heteroatoms. The van der Waals surface area contributed by atoms with E-state index in [2.05, 4.69) is 17.6 Å². The molecule has 0 bridgehead atoms. The topological polar surface area (TPSA) is 12.9 Å². The molecule has 72 valence electrons. The lowest BCUT2D eigenvalue weighted by molar-refractivity contribution is 1.27. The molecule has 0 saturated heterocycles. The molecule has 13 heavy (non-hydrogen) atoms. The van der Waals surface area contributed by atoms with Crippen molar-refractivity contribution in [1.82, 2.24) is 4.98 Å². The highest BCUT2D eigenvalue weighted by molar-refractivity contribution is 7.12. The van der Waals surface area contributed by atoms with E-state index in [-0.39, 0.29) is 0 Å². The summed E-state index contributed by atoms with van der Waals surface area (Å²) in [5.74, 6) is 0. The van der Waals surface area contributed by atoms with E-state index >= 15 is 0 Å². The van der Waals surface area contributed by atoms with Gasteiger partial charge in [-0.25, -0.2) is 4.98 Å². The zero-order chi connectivity index (χ0) is 10.3. The van der Waals surface area contributed by atoms with E-state index in [0.717, 1.165) is 10.7 Å². The molecule has 0 radical (unpaired) electrons. The molecule has 0 N–H and O–H groups in total. The maximum absolute atomic E-state index is 4.30. The predicted octanol–water partition coefficient (Wildman–Crippen LogP) is 4.15. The molecule has 0 fully saturated rings. The second kappa shape index (κ2) is 6.61. The molecule has 0 amide bonds. The van der Waals surface area contributed by atoms with Gasteiger partial charge in [0.05, 0.1) is 15.6 Å². The van der Waals surface area contributed by atoms with E-state index in [1.165, 1.54) is 4.88 Å². The van der Waals surface area contributed by atoms with Crippen molar-refractivity contribution in [3.63, 3.8) is 0 Å². The lowest BCUT2D eigenvalue weighted by Gasteiger charge is -1.84. The molecule has 1 nitrogen and oxygen atoms in total. The van der Waals surface area contributed by atoms with Gasteiger partial charge < -0.3 is 0 Å². The van der Waals surface area contributed by atoms with Gasteiger partial charge in [0.15, 0.2) is 0 Å². The Hall–Kier alpha value is -0.890. The van der Waals surface area contributed by atoms with Crippen molar-refractivity contribution in [2.45, 2.75) is 27.7 Å². The minimum Gasteiger partial charge on any atom is -0.242 e. The Morgan fingerprint density at radius 3 is 2.46 bits per heavy atom. The van der Waals surface area contributed by atoms with Gasteiger partial charge in [0.1, 0.15) is 0 Å². The monoisotopic (exact) mass is 195 g/mol. The van der Waals surface area contributed by atoms with Crippen molar-refractivity contribution in [3.8, 4) is 0 Å². The van der Waals surface area contributed by atoms with Crippen molar-refractivity contribution in [2.75, 3.05) is 0 Å². The molecule has 1 rings (SSSR count). The molecule has 0 aliphatic carbocycles. The fraction of sp³-hybridized carbons (Fsp3) is 0.364. The summed E-state index contributed by atoms with van der Waals surface area (Å²) in [6.07, 6.45) is 5.86. The van der Waals surface area contributed by atoms with Crippen LogP contribution in [0.4, 0.5) is 0 Å². The molecule has 1 aromatic heterocycles. The van der Waals surface area contributed by atoms with E-state index < -0.39 is 0 Å². The van der Waals surface area contributed by atoms with Gasteiger partial charge >= 0.3 is 0 Å². The number of aryl methyl sites for hydroxylation is 1. The minimum atomic E-state index is 0.991. The van der Waals surface area contributed by atoms with Crippen LogP contribution in [-0.2, 0) is 0 Å². The highest BCUT2D eigenvalue weighted by Crippen LogP contribution is 2.20. The SMILES string of the molecule is C=Cc1nc(C)sc1/C=C\C.CC. The summed E-state index contributed by atoms with van der Waals surface area (Å²) in [6, 6.07) is 0. The lowest BCUT2D eigenvalue weighted by Crippen LogP contribution is -1.73. The van der Waals surface area contributed by atoms with Gasteiger partial charge in [-0.1, -0.05) is 26.5 Å². The lowest BCUT2D eigenvalue weighted by atomic mass is 10.3. The smallest absolute Gasteiger partial charge is 0.0907 e. The van der Waals surface area contributed by atoms with Crippen LogP contribution < -0.4 is 0 Å². The standard InChI is InChI=1S/C9H11NS.C2H6/c1-4-6-9-8(5-2)10-7(3)11-9;1-2/h4-6H,2H2,1,3H3;1-2H3/b6-4-;. The van der Waals surface area contributed by atoms with Crippen LogP contribution in [0.2, 0.25) is 0 Å². The predicted molar refractivity (Wildman–Crippen MR) is 63.0 cm³/mol. The van der Waals surface area contributed by atoms with Crippen LogP contribution in [0.3, 0.4) is 0 Å². The van der Waals surface area contributed by atoms with Gasteiger partial charge in [-0.2, -0.15) is 0 Å². The van der Waals surface area contributed by atoms with Crippen LogP contribution in [0.1, 0.15) is 36.3 Å². The van der Waals surface area contributed by atoms with Crippen LogP contribution in [0, 0.1) is 6.92 Å². The number of aromatic nitrogens is 1. The quantitative estimate of drug-likeness (QED) is 0.690. The Balaban J connectivity index is 0.000000671. The summed E-state index contributed by atoms with van der Waals surface area (Å²) in [5, 5.41) is 1.09. The molecule has 0 atom stereocenters. The summed E-state index contributed by atoms with van der Waals surface area (Å²) in [5.41, 5.74) is 0.991. The third kappa shape index (κ3) is 3.55. The molecule has 0 aliphatic rings. The first-order valence-corrected chi connectivity index (χ1v) is 5.32. The van der Waals surface area contributed by atoms with Crippen LogP contribution in [0.5, 0.6) is 0 Å². The van der Waals surface area contributed by atoms with Crippen molar-refractivity contribution < 1.29 is 0 Å². The third-order valence-electron chi connectivity index (χ3n) is 1.30. The Morgan fingerprint density at radius 2 is 2.00 bits per heavy atom. The van der Waals surface area contributed by atoms with Crippen LogP contribution >= 0.6 is 11.3 Å². The molecule has 1 aromatic rings.